The number of unbranched alkanes of at least 4 members (excludes halogenated alkanes) is 24. The predicted molar refractivity (Wildman–Crippen MR) is 233 cm³/mol. The van der Waals surface area contributed by atoms with Crippen molar-refractivity contribution in [2.24, 2.45) is 0 Å². The number of aliphatic hydroxyl groups is 2. The van der Waals surface area contributed by atoms with Gasteiger partial charge in [-0.1, -0.05) is 166 Å². The van der Waals surface area contributed by atoms with E-state index in [2.05, 4.69) is 50.3 Å². The second-order valence-corrected chi connectivity index (χ2v) is 16.9. The predicted octanol–water partition coefficient (Wildman–Crippen LogP) is 12.8. The van der Waals surface area contributed by atoms with Crippen molar-refractivity contribution in [1.82, 2.24) is 0 Å². The summed E-state index contributed by atoms with van der Waals surface area (Å²) >= 11 is 0. The molecular formula is C46H87O9P. The SMILES string of the molecule is CCCCCC/C=C\CCCCCCCC(=O)OC(COCCCCCCCCCCCC/C=C\C/C=C\CCCCCCC)COP(=O)(O)OCC(O)CO. The summed E-state index contributed by atoms with van der Waals surface area (Å²) in [5, 5.41) is 18.4. The number of hydrogen-bond acceptors (Lipinski definition) is 8. The van der Waals surface area contributed by atoms with Crippen molar-refractivity contribution in [2.45, 2.75) is 219 Å². The summed E-state index contributed by atoms with van der Waals surface area (Å²) in [4.78, 5) is 22.6. The van der Waals surface area contributed by atoms with Gasteiger partial charge in [-0.05, 0) is 70.6 Å². The van der Waals surface area contributed by atoms with Crippen LogP contribution in [-0.4, -0.2) is 66.3 Å². The molecule has 0 heterocycles. The van der Waals surface area contributed by atoms with Crippen LogP contribution in [0.2, 0.25) is 0 Å². The van der Waals surface area contributed by atoms with E-state index in [1.807, 2.05) is 0 Å². The minimum atomic E-state index is -4.52. The number of aliphatic hydroxyl groups excluding tert-OH is 2. The number of phosphoric ester groups is 1. The Hall–Kier alpha value is -1.32. The molecule has 0 aromatic rings. The third-order valence-corrected chi connectivity index (χ3v) is 10.7. The molecule has 0 spiro atoms. The molecule has 3 atom stereocenters. The Kier molecular flexibility index (Phi) is 42.2. The second-order valence-electron chi connectivity index (χ2n) is 15.4. The molecule has 330 valence electrons. The molecule has 0 saturated heterocycles. The highest BCUT2D eigenvalue weighted by Gasteiger charge is 2.26. The zero-order valence-electron chi connectivity index (χ0n) is 36.1. The molecular weight excluding hydrogens is 727 g/mol. The number of carbonyl (C=O) groups excluding carboxylic acids is 1. The highest BCUT2D eigenvalue weighted by molar-refractivity contribution is 7.47. The fraction of sp³-hybridized carbons (Fsp3) is 0.848. The minimum absolute atomic E-state index is 0.0449. The molecule has 3 N–H and O–H groups in total. The Bertz CT molecular complexity index is 970. The van der Waals surface area contributed by atoms with Gasteiger partial charge in [0.1, 0.15) is 12.2 Å². The third-order valence-electron chi connectivity index (χ3n) is 9.80. The van der Waals surface area contributed by atoms with E-state index >= 15 is 0 Å². The zero-order valence-corrected chi connectivity index (χ0v) is 37.0. The molecule has 0 aromatic heterocycles. The lowest BCUT2D eigenvalue weighted by Crippen LogP contribution is -2.29. The molecule has 0 aliphatic heterocycles. The summed E-state index contributed by atoms with van der Waals surface area (Å²) in [5.74, 6) is -0.392. The van der Waals surface area contributed by atoms with Crippen molar-refractivity contribution in [3.05, 3.63) is 36.5 Å². The van der Waals surface area contributed by atoms with Crippen LogP contribution in [0.4, 0.5) is 0 Å². The van der Waals surface area contributed by atoms with Gasteiger partial charge in [-0.25, -0.2) is 4.57 Å². The molecule has 0 rings (SSSR count). The monoisotopic (exact) mass is 815 g/mol. The lowest BCUT2D eigenvalue weighted by molar-refractivity contribution is -0.154. The van der Waals surface area contributed by atoms with E-state index < -0.39 is 39.2 Å². The van der Waals surface area contributed by atoms with Gasteiger partial charge in [0.2, 0.25) is 0 Å². The number of allylic oxidation sites excluding steroid dienone is 6. The van der Waals surface area contributed by atoms with Gasteiger partial charge < -0.3 is 24.6 Å². The maximum Gasteiger partial charge on any atom is 0.472 e. The molecule has 0 aliphatic rings. The molecule has 0 bridgehead atoms. The molecule has 9 nitrogen and oxygen atoms in total. The molecule has 56 heavy (non-hydrogen) atoms. The first-order chi connectivity index (χ1) is 27.3. The second kappa shape index (κ2) is 43.3. The van der Waals surface area contributed by atoms with Crippen LogP contribution >= 0.6 is 7.82 Å². The highest BCUT2D eigenvalue weighted by Crippen LogP contribution is 2.43. The Morgan fingerprint density at radius 1 is 0.554 bits per heavy atom. The van der Waals surface area contributed by atoms with E-state index in [1.54, 1.807) is 0 Å². The average molecular weight is 815 g/mol. The molecule has 0 fully saturated rings. The third kappa shape index (κ3) is 42.3. The van der Waals surface area contributed by atoms with Gasteiger partial charge >= 0.3 is 13.8 Å². The van der Waals surface area contributed by atoms with Crippen molar-refractivity contribution < 1.29 is 43.0 Å². The van der Waals surface area contributed by atoms with Crippen LogP contribution in [0.15, 0.2) is 36.5 Å². The fourth-order valence-electron chi connectivity index (χ4n) is 6.26. The number of rotatable bonds is 44. The minimum Gasteiger partial charge on any atom is -0.457 e. The Morgan fingerprint density at radius 2 is 0.964 bits per heavy atom. The van der Waals surface area contributed by atoms with E-state index in [0.29, 0.717) is 6.61 Å². The standard InChI is InChI=1S/C46H87O9P/c1-3-5-7-9-11-13-15-17-18-19-20-21-22-23-24-25-27-29-31-33-35-37-39-52-42-45(43-54-56(50,51)53-41-44(48)40-47)55-46(49)38-36-34-32-30-28-26-16-14-12-10-8-6-4-2/h14-17,19-20,44-45,47-48H,3-13,18,21-43H2,1-2H3,(H,50,51)/b16-14-,17-15-,20-19-. The Balaban J connectivity index is 4.09. The van der Waals surface area contributed by atoms with Gasteiger partial charge in [0.25, 0.3) is 0 Å². The largest absolute Gasteiger partial charge is 0.472 e. The van der Waals surface area contributed by atoms with E-state index in [4.69, 9.17) is 23.6 Å². The van der Waals surface area contributed by atoms with Crippen LogP contribution in [0.5, 0.6) is 0 Å². The van der Waals surface area contributed by atoms with Crippen LogP contribution in [0.3, 0.4) is 0 Å². The number of carbonyl (C=O) groups is 1. The quantitative estimate of drug-likeness (QED) is 0.0238. The first-order valence-electron chi connectivity index (χ1n) is 23.0. The van der Waals surface area contributed by atoms with Gasteiger partial charge in [-0.2, -0.15) is 0 Å². The normalized spacial score (nSPS) is 14.3. The van der Waals surface area contributed by atoms with Crippen LogP contribution in [0.25, 0.3) is 0 Å². The van der Waals surface area contributed by atoms with E-state index in [0.717, 1.165) is 64.2 Å². The Morgan fingerprint density at radius 3 is 1.46 bits per heavy atom. The van der Waals surface area contributed by atoms with Crippen molar-refractivity contribution in [1.29, 1.82) is 0 Å². The smallest absolute Gasteiger partial charge is 0.457 e. The fourth-order valence-corrected chi connectivity index (χ4v) is 7.05. The molecule has 0 radical (unpaired) electrons. The Labute approximate surface area is 344 Å². The first-order valence-corrected chi connectivity index (χ1v) is 24.5. The number of esters is 1. The van der Waals surface area contributed by atoms with E-state index in [9.17, 15) is 19.4 Å². The average Bonchev–Trinajstić information content (AvgIpc) is 3.19. The van der Waals surface area contributed by atoms with Gasteiger partial charge in [0.15, 0.2) is 0 Å². The highest BCUT2D eigenvalue weighted by atomic mass is 31.2. The summed E-state index contributed by atoms with van der Waals surface area (Å²) in [7, 11) is -4.52. The zero-order chi connectivity index (χ0) is 41.1. The van der Waals surface area contributed by atoms with Gasteiger partial charge in [0, 0.05) is 13.0 Å². The van der Waals surface area contributed by atoms with Crippen molar-refractivity contribution in [3.63, 3.8) is 0 Å². The van der Waals surface area contributed by atoms with Gasteiger partial charge in [-0.3, -0.25) is 13.8 Å². The molecule has 10 heteroatoms. The molecule has 0 amide bonds. The van der Waals surface area contributed by atoms with E-state index in [1.165, 1.54) is 122 Å². The van der Waals surface area contributed by atoms with E-state index in [-0.39, 0.29) is 19.6 Å². The van der Waals surface area contributed by atoms with Gasteiger partial charge in [-0.15, -0.1) is 0 Å². The van der Waals surface area contributed by atoms with Crippen molar-refractivity contribution in [2.75, 3.05) is 33.0 Å². The molecule has 0 aromatic carbocycles. The molecule has 0 aliphatic carbocycles. The first kappa shape index (κ1) is 54.7. The van der Waals surface area contributed by atoms with Crippen LogP contribution in [-0.2, 0) is 27.9 Å². The van der Waals surface area contributed by atoms with Crippen LogP contribution < -0.4 is 0 Å². The number of hydrogen-bond donors (Lipinski definition) is 3. The van der Waals surface area contributed by atoms with Crippen molar-refractivity contribution in [3.8, 4) is 0 Å². The maximum absolute atomic E-state index is 12.6. The topological polar surface area (TPSA) is 132 Å². The maximum atomic E-state index is 12.6. The molecule has 0 saturated carbocycles. The summed E-state index contributed by atoms with van der Waals surface area (Å²) in [5.41, 5.74) is 0. The van der Waals surface area contributed by atoms with Crippen molar-refractivity contribution >= 4 is 13.8 Å². The number of ether oxygens (including phenoxy) is 2. The number of phosphoric acid groups is 1. The van der Waals surface area contributed by atoms with Crippen LogP contribution in [0, 0.1) is 0 Å². The van der Waals surface area contributed by atoms with Crippen LogP contribution in [0.1, 0.15) is 206 Å². The van der Waals surface area contributed by atoms with Gasteiger partial charge in [0.05, 0.1) is 26.4 Å². The lowest BCUT2D eigenvalue weighted by atomic mass is 10.1. The molecule has 3 unspecified atom stereocenters. The summed E-state index contributed by atoms with van der Waals surface area (Å²) in [6.07, 6.45) is 46.8. The summed E-state index contributed by atoms with van der Waals surface area (Å²) in [6.45, 7) is 3.49. The summed E-state index contributed by atoms with van der Waals surface area (Å²) < 4.78 is 33.4. The lowest BCUT2D eigenvalue weighted by Gasteiger charge is -2.20. The summed E-state index contributed by atoms with van der Waals surface area (Å²) in [6, 6.07) is 0.